The van der Waals surface area contributed by atoms with Crippen molar-refractivity contribution in [2.45, 2.75) is 13.8 Å². The van der Waals surface area contributed by atoms with Crippen LogP contribution in [0.1, 0.15) is 11.1 Å². The topological polar surface area (TPSA) is 12.9 Å². The lowest BCUT2D eigenvalue weighted by Gasteiger charge is -2.09. The molecule has 0 N–H and O–H groups in total. The summed E-state index contributed by atoms with van der Waals surface area (Å²) in [6.45, 7) is 4.23. The van der Waals surface area contributed by atoms with Gasteiger partial charge >= 0.3 is 0 Å². The van der Waals surface area contributed by atoms with Crippen molar-refractivity contribution in [3.63, 3.8) is 0 Å². The maximum Gasteiger partial charge on any atom is 0.0705 e. The zero-order valence-electron chi connectivity index (χ0n) is 59.0. The Hall–Kier alpha value is 23.2. The van der Waals surface area contributed by atoms with Gasteiger partial charge in [0.25, 0.3) is 0 Å². The average Bonchev–Trinajstić information content (AvgIpc) is 0.816. The molecule has 3 aromatic rings. The summed E-state index contributed by atoms with van der Waals surface area (Å²) in [5, 5.41) is 0.742. The number of hydrogen-bond donors (Lipinski definition) is 0. The summed E-state index contributed by atoms with van der Waals surface area (Å²) in [7, 11) is 205. The Bertz CT molecular complexity index is 10100. The summed E-state index contributed by atoms with van der Waals surface area (Å²) in [5.41, 5.74) is 6.92. The molecule has 117 heteroatoms. The Labute approximate surface area is 1120 Å². The molecular formula is C19H16ClNS115. The van der Waals surface area contributed by atoms with Crippen molar-refractivity contribution in [3.8, 4) is 22.4 Å². The highest BCUT2D eigenvalue weighted by molar-refractivity contribution is 8.89. The van der Waals surface area contributed by atoms with Crippen LogP contribution in [0, 0.1) is 13.8 Å². The Balaban J connectivity index is 0.00000257. The Morgan fingerprint density at radius 1 is 0.169 bits per heavy atom. The fourth-order valence-electron chi connectivity index (χ4n) is 3.71. The second-order valence-electron chi connectivity index (χ2n) is 12.9. The second-order valence-corrected chi connectivity index (χ2v) is 213. The van der Waals surface area contributed by atoms with Crippen molar-refractivity contribution >= 4 is 1040 Å². The highest BCUT2D eigenvalue weighted by Crippen LogP contribution is 2.27. The number of pyridine rings is 1. The van der Waals surface area contributed by atoms with Crippen LogP contribution in [0.4, 0.5) is 0 Å². The molecule has 0 unspecified atom stereocenters. The molecule has 794 valence electrons. The van der Waals surface area contributed by atoms with E-state index in [0.29, 0.717) is 0 Å². The molecule has 1 heterocycles. The van der Waals surface area contributed by atoms with Gasteiger partial charge in [-0.2, -0.15) is 0 Å². The number of aryl methyl sites for hydroxylation is 2. The summed E-state index contributed by atoms with van der Waals surface area (Å²) in [5.74, 6) is 0. The quantitative estimate of drug-likeness (QED) is 0.342. The molecule has 0 amide bonds. The lowest BCUT2D eigenvalue weighted by atomic mass is 9.99. The number of benzene rings is 2. The molecule has 0 atom stereocenters. The van der Waals surface area contributed by atoms with E-state index < -0.39 is 0 Å². The van der Waals surface area contributed by atoms with Crippen molar-refractivity contribution < 1.29 is 0 Å². The molecule has 0 radical (unpaired) electrons. The zero-order chi connectivity index (χ0) is 96.7. The van der Waals surface area contributed by atoms with Crippen molar-refractivity contribution in [3.05, 3.63) is 76.9 Å². The summed E-state index contributed by atoms with van der Waals surface area (Å²) in [6.07, 6.45) is 1.95. The zero-order valence-corrected chi connectivity index (χ0v) is 154. The maximum atomic E-state index is 5.93. The van der Waals surface area contributed by atoms with E-state index in [-0.39, 0.29) is 0 Å². The highest BCUT2D eigenvalue weighted by atomic mass is 35.5. The van der Waals surface area contributed by atoms with Crippen molar-refractivity contribution in [2.75, 3.05) is 0 Å². The molecule has 0 saturated heterocycles. The number of rotatable bonds is 2. The molecule has 0 spiro atoms. The summed E-state index contributed by atoms with van der Waals surface area (Å²) in [4.78, 5) is 4.60. The predicted molar refractivity (Wildman–Crippen MR) is 937 cm³/mol. The van der Waals surface area contributed by atoms with Crippen LogP contribution in [0.5, 0.6) is 0 Å². The van der Waals surface area contributed by atoms with E-state index in [4.69, 9.17) is 34.0 Å². The van der Waals surface area contributed by atoms with E-state index in [0.717, 1.165) is 16.3 Å². The first-order valence-electron chi connectivity index (χ1n) is 25.9. The minimum absolute atomic E-state index is 0.742. The van der Waals surface area contributed by atoms with Crippen LogP contribution in [-0.4, -0.2) is 4.98 Å². The van der Waals surface area contributed by atoms with Crippen molar-refractivity contribution in [1.29, 1.82) is 0 Å². The van der Waals surface area contributed by atoms with Gasteiger partial charge in [-0.3, -0.25) is 4.98 Å². The lowest BCUT2D eigenvalue weighted by Crippen LogP contribution is -1.90. The fraction of sp³-hybridized carbons (Fsp3) is 0.105. The SMILES string of the molecule is Cc1cccc(-c2cnc(-c3ccc(Cl)cc3)cc2C)c1.S=S=S=S=S=S=S=S=S=S=S=S=S=S=S=S=S=S=S=S=S=S=S=S=S=S=S=S=S=S=S=S=S=S=S=S=S=S=S=S=S=S=S=S=S=S=S=S=S=S=S=S=S=S=S=S=S=S=S=S=S=S=S=S=S=S=S=S=S=S=S=S=S=S=S=S=S=S=S=S=S=S=S=S=S=S=S=S=S=S=S=S=S=S=S=S=S=S=S=S=S=S=S=S=S=S=S=S=S=S=S=S=S=S=S. The first-order valence-corrected chi connectivity index (χ1v) is 178. The number of aromatic nitrogens is 1. The third-order valence-electron chi connectivity index (χ3n) is 6.69. The summed E-state index contributed by atoms with van der Waals surface area (Å²) >= 11 is 15.6. The van der Waals surface area contributed by atoms with E-state index in [1.54, 1.807) is 107 Å². The molecular weight excluding hydrogens is 3970 g/mol. The van der Waals surface area contributed by atoms with Crippen LogP contribution in [-0.2, 0) is 1030 Å². The lowest BCUT2D eigenvalue weighted by molar-refractivity contribution is 1.28. The van der Waals surface area contributed by atoms with E-state index >= 15 is 0 Å². The van der Waals surface area contributed by atoms with Gasteiger partial charge in [-0.15, -0.1) is 0 Å². The van der Waals surface area contributed by atoms with E-state index in [1.807, 2.05) is 910 Å². The van der Waals surface area contributed by atoms with Gasteiger partial charge in [0.1, 0.15) is 0 Å². The monoisotopic (exact) mass is 3970 g/mol. The smallest absolute Gasteiger partial charge is 0.0705 e. The van der Waals surface area contributed by atoms with Gasteiger partial charge in [-0.25, -0.2) is 0 Å². The van der Waals surface area contributed by atoms with Crippen molar-refractivity contribution in [1.82, 2.24) is 4.98 Å². The van der Waals surface area contributed by atoms with Crippen LogP contribution in [0.2, 0.25) is 5.02 Å². The third kappa shape index (κ3) is 124. The van der Waals surface area contributed by atoms with Gasteiger partial charge in [-0.05, 0) is 43.2 Å². The van der Waals surface area contributed by atoms with Gasteiger partial charge in [0.2, 0.25) is 0 Å². The molecule has 0 fully saturated rings. The first-order chi connectivity index (χ1) is 67.5. The van der Waals surface area contributed by atoms with E-state index in [2.05, 4.69) is 49.2 Å². The molecule has 0 saturated carbocycles. The molecule has 2 aromatic carbocycles. The van der Waals surface area contributed by atoms with Gasteiger partial charge in [0.15, 0.2) is 0 Å². The van der Waals surface area contributed by atoms with Crippen molar-refractivity contribution in [2.24, 2.45) is 0 Å². The highest BCUT2D eigenvalue weighted by Gasteiger charge is 2.06. The molecule has 1 nitrogen and oxygen atoms in total. The predicted octanol–water partition coefficient (Wildman–Crippen LogP) is 5.41. The molecule has 0 aliphatic heterocycles. The van der Waals surface area contributed by atoms with Crippen LogP contribution < -0.4 is 0 Å². The minimum Gasteiger partial charge on any atom is -0.256 e. The second kappa shape index (κ2) is 138. The van der Waals surface area contributed by atoms with Crippen LogP contribution >= 0.6 is 11.6 Å². The standard InChI is InChI=1S/C19H16ClN.S115/c1-13-4-3-5-16(10-13)18-12-21-19(11-14(18)2)15-6-8-17(20)9-7-15;1-3-5-7-9-11-13-15-17-19-21-23-25-27-29-31-33-35-37-39-41-43-45-47-49-51-53-55-57-59-61-63-65-67-69-71-73-75-77-79-81-83-85-87-89-91-93-95-97-99-101-103-105-107-109-111-113-115-114-112-110-108-106-104-102-100-98-96-94-92-90-88-86-84-82-80-78-76-74-72-70-68-66-64-62-60-58-56-54-52-50-48-46-44-42-40-38-36-34-32-30-28-26-24-22-20-18-16-14-12-10-8-6-4-2/h3-12H,1-2H3;. The van der Waals surface area contributed by atoms with Crippen LogP contribution in [0.25, 0.3) is 22.4 Å². The van der Waals surface area contributed by atoms with Gasteiger partial charge < -0.3 is 0 Å². The van der Waals surface area contributed by atoms with E-state index in [1.165, 1.54) is 40.0 Å². The molecule has 0 bridgehead atoms. The van der Waals surface area contributed by atoms with E-state index in [9.17, 15) is 0 Å². The largest absolute Gasteiger partial charge is 0.256 e. The van der Waals surface area contributed by atoms with Gasteiger partial charge in [-0.1, -0.05) is 53.6 Å². The Morgan fingerprint density at radius 2 is 0.309 bits per heavy atom. The van der Waals surface area contributed by atoms with Gasteiger partial charge in [0.05, 0.1) is 5.69 Å². The van der Waals surface area contributed by atoms with Crippen LogP contribution in [0.3, 0.4) is 0 Å². The summed E-state index contributed by atoms with van der Waals surface area (Å²) in [6, 6.07) is 18.4. The minimum atomic E-state index is 0.742. The Morgan fingerprint density at radius 3 is 0.434 bits per heavy atom. The number of hydrogen-bond acceptors (Lipinski definition) is 3. The molecule has 0 aliphatic rings. The normalized spacial score (nSPS) is 8.32. The number of halogens is 1. The molecule has 3 rings (SSSR count). The van der Waals surface area contributed by atoms with Crippen LogP contribution in [0.15, 0.2) is 60.8 Å². The molecule has 1 aromatic heterocycles. The first kappa shape index (κ1) is 155. The molecule has 0 aliphatic carbocycles. The number of nitrogens with zero attached hydrogens (tertiary/aromatic N) is 1. The van der Waals surface area contributed by atoms with Gasteiger partial charge in [0, 0.05) is 1050 Å². The third-order valence-corrected chi connectivity index (χ3v) is 256. The summed E-state index contributed by atoms with van der Waals surface area (Å²) < 4.78 is 0. The average molecular weight is 3980 g/mol. The molecule has 136 heavy (non-hydrogen) atoms. The fourth-order valence-corrected chi connectivity index (χ4v) is 308. The maximum absolute atomic E-state index is 5.93. The Kier molecular flexibility index (Phi) is 158.